The van der Waals surface area contributed by atoms with Crippen LogP contribution in [0.2, 0.25) is 0 Å². The van der Waals surface area contributed by atoms with Crippen molar-refractivity contribution in [1.82, 2.24) is 0 Å². The summed E-state index contributed by atoms with van der Waals surface area (Å²) < 4.78 is 22.7. The Morgan fingerprint density at radius 2 is 1.58 bits per heavy atom. The lowest BCUT2D eigenvalue weighted by atomic mass is 9.74. The van der Waals surface area contributed by atoms with E-state index in [2.05, 4.69) is 40.0 Å². The predicted molar refractivity (Wildman–Crippen MR) is 142 cm³/mol. The van der Waals surface area contributed by atoms with Gasteiger partial charge >= 0.3 is 11.9 Å². The first-order valence-corrected chi connectivity index (χ1v) is 14.2. The maximum atomic E-state index is 11.8. The molecule has 0 aromatic carbocycles. The van der Waals surface area contributed by atoms with Crippen LogP contribution in [0.1, 0.15) is 79.1 Å². The van der Waals surface area contributed by atoms with Crippen LogP contribution in [0.5, 0.6) is 0 Å². The maximum absolute atomic E-state index is 11.8. The van der Waals surface area contributed by atoms with Gasteiger partial charge in [0.2, 0.25) is 0 Å². The maximum Gasteiger partial charge on any atom is 0.334 e. The van der Waals surface area contributed by atoms with Crippen molar-refractivity contribution in [2.45, 2.75) is 114 Å². The minimum atomic E-state index is -0.803. The Morgan fingerprint density at radius 3 is 2.24 bits per heavy atom. The summed E-state index contributed by atoms with van der Waals surface area (Å²) in [5.74, 6) is -0.215. The number of esters is 2. The number of hydrogen-bond donors (Lipinski definition) is 1. The fraction of sp³-hybridized carbons (Fsp3) is 0.742. The zero-order valence-electron chi connectivity index (χ0n) is 23.6. The van der Waals surface area contributed by atoms with Gasteiger partial charge in [-0.2, -0.15) is 0 Å². The number of aliphatic hydroxyl groups is 1. The van der Waals surface area contributed by atoms with Gasteiger partial charge in [0.1, 0.15) is 18.3 Å². The Hall–Kier alpha value is -1.96. The van der Waals surface area contributed by atoms with Crippen LogP contribution in [0, 0.1) is 23.7 Å². The van der Waals surface area contributed by atoms with Crippen molar-refractivity contribution in [3.8, 4) is 0 Å². The van der Waals surface area contributed by atoms with E-state index in [1.807, 2.05) is 6.92 Å². The zero-order chi connectivity index (χ0) is 27.6. The smallest absolute Gasteiger partial charge is 0.334 e. The number of fused-ring (bicyclic) bond motifs is 6. The van der Waals surface area contributed by atoms with E-state index >= 15 is 0 Å². The van der Waals surface area contributed by atoms with Crippen molar-refractivity contribution in [2.24, 2.45) is 23.7 Å². The average molecular weight is 529 g/mol. The summed E-state index contributed by atoms with van der Waals surface area (Å²) in [6.45, 7) is 16.1. The molecule has 7 heteroatoms. The summed E-state index contributed by atoms with van der Waals surface area (Å²) in [5.41, 5.74) is 1.42. The van der Waals surface area contributed by atoms with E-state index in [9.17, 15) is 14.7 Å². The standard InChI is InChI=1S/C16H24O4.C15H20O3/c1-9-10-5-8-16(3,19-4)11-6-7-15(2,18)12(11)13(10)20-14(9)17;1-9-5-4-8-15(3)13(18-15)12-11(7-6-9)10(2)14(16)17-12/h10-13,18H,1,5-8H2,2-4H3;5,11-13H,2,4,6-8H2,1,3H3/b;9-5+/t10-,11+,12-,13-,15+,16+;11-,12-,13-,15+/m00/s1. The molecule has 10 atom stereocenters. The number of ether oxygens (including phenoxy) is 4. The molecule has 3 heterocycles. The Bertz CT molecular complexity index is 1060. The molecule has 0 aromatic rings. The second-order valence-corrected chi connectivity index (χ2v) is 13.1. The molecule has 3 aliphatic carbocycles. The molecule has 6 aliphatic rings. The largest absolute Gasteiger partial charge is 0.458 e. The van der Waals surface area contributed by atoms with Gasteiger partial charge in [-0.25, -0.2) is 9.59 Å². The number of allylic oxidation sites excluding steroid dienone is 2. The lowest BCUT2D eigenvalue weighted by Crippen LogP contribution is -2.47. The number of epoxide rings is 1. The first kappa shape index (κ1) is 27.6. The van der Waals surface area contributed by atoms with Crippen LogP contribution in [-0.4, -0.2) is 59.3 Å². The van der Waals surface area contributed by atoms with E-state index in [4.69, 9.17) is 18.9 Å². The van der Waals surface area contributed by atoms with Gasteiger partial charge in [0.25, 0.3) is 0 Å². The third kappa shape index (κ3) is 4.58. The minimum Gasteiger partial charge on any atom is -0.458 e. The molecule has 38 heavy (non-hydrogen) atoms. The van der Waals surface area contributed by atoms with Gasteiger partial charge in [0, 0.05) is 36.0 Å². The van der Waals surface area contributed by atoms with Crippen molar-refractivity contribution in [1.29, 1.82) is 0 Å². The van der Waals surface area contributed by atoms with Crippen LogP contribution in [0.15, 0.2) is 36.0 Å². The van der Waals surface area contributed by atoms with E-state index in [1.165, 1.54) is 5.57 Å². The molecule has 0 bridgehead atoms. The highest BCUT2D eigenvalue weighted by Gasteiger charge is 2.62. The number of carbonyl (C=O) groups excluding carboxylic acids is 2. The molecule has 3 aliphatic heterocycles. The minimum absolute atomic E-state index is 0.0246. The zero-order valence-corrected chi connectivity index (χ0v) is 23.6. The highest BCUT2D eigenvalue weighted by molar-refractivity contribution is 5.91. The Kier molecular flexibility index (Phi) is 6.97. The molecule has 7 nitrogen and oxygen atoms in total. The van der Waals surface area contributed by atoms with Crippen LogP contribution in [0.3, 0.4) is 0 Å². The summed E-state index contributed by atoms with van der Waals surface area (Å²) in [7, 11) is 1.74. The van der Waals surface area contributed by atoms with E-state index in [0.29, 0.717) is 11.1 Å². The molecule has 2 saturated carbocycles. The molecule has 0 unspecified atom stereocenters. The van der Waals surface area contributed by atoms with E-state index < -0.39 is 5.60 Å². The second-order valence-electron chi connectivity index (χ2n) is 13.1. The molecule has 5 fully saturated rings. The van der Waals surface area contributed by atoms with Gasteiger partial charge in [-0.3, -0.25) is 0 Å². The summed E-state index contributed by atoms with van der Waals surface area (Å²) >= 11 is 0. The van der Waals surface area contributed by atoms with E-state index in [-0.39, 0.29) is 65.1 Å². The third-order valence-corrected chi connectivity index (χ3v) is 10.6. The van der Waals surface area contributed by atoms with Gasteiger partial charge in [-0.15, -0.1) is 0 Å². The average Bonchev–Trinajstić information content (AvgIpc) is 3.20. The molecule has 0 amide bonds. The quantitative estimate of drug-likeness (QED) is 0.226. The fourth-order valence-electron chi connectivity index (χ4n) is 7.87. The van der Waals surface area contributed by atoms with E-state index in [0.717, 1.165) is 51.4 Å². The van der Waals surface area contributed by atoms with Gasteiger partial charge in [0.05, 0.1) is 16.8 Å². The summed E-state index contributed by atoms with van der Waals surface area (Å²) in [4.78, 5) is 23.5. The Morgan fingerprint density at radius 1 is 0.947 bits per heavy atom. The van der Waals surface area contributed by atoms with Crippen LogP contribution in [0.4, 0.5) is 0 Å². The summed E-state index contributed by atoms with van der Waals surface area (Å²) in [5, 5.41) is 10.8. The molecular weight excluding hydrogens is 484 g/mol. The Balaban J connectivity index is 0.000000156. The number of rotatable bonds is 1. The SMILES string of the molecule is C=C1C(=O)O[C@@H]2[C@@H]3[C@@H](CC[C@@]3(C)O)[C@](C)(OC)CC[C@@H]12.C=C1C(=O)O[C@H]2[C@H]1CC/C(C)=C/CC[C@@]1(C)O[C@@H]21. The molecule has 3 saturated heterocycles. The van der Waals surface area contributed by atoms with Crippen molar-refractivity contribution < 1.29 is 33.6 Å². The van der Waals surface area contributed by atoms with Crippen molar-refractivity contribution in [3.63, 3.8) is 0 Å². The Labute approximate surface area is 226 Å². The molecule has 0 radical (unpaired) electrons. The number of methoxy groups -OCH3 is 1. The van der Waals surface area contributed by atoms with Gasteiger partial charge in [0.15, 0.2) is 0 Å². The molecule has 1 N–H and O–H groups in total. The van der Waals surface area contributed by atoms with Gasteiger partial charge < -0.3 is 24.1 Å². The lowest BCUT2D eigenvalue weighted by molar-refractivity contribution is -0.151. The summed E-state index contributed by atoms with van der Waals surface area (Å²) in [6, 6.07) is 0. The van der Waals surface area contributed by atoms with Crippen molar-refractivity contribution in [3.05, 3.63) is 36.0 Å². The molecule has 6 rings (SSSR count). The van der Waals surface area contributed by atoms with Crippen LogP contribution >= 0.6 is 0 Å². The number of carbonyl (C=O) groups is 2. The fourth-order valence-corrected chi connectivity index (χ4v) is 7.87. The first-order chi connectivity index (χ1) is 17.8. The first-order valence-electron chi connectivity index (χ1n) is 14.2. The molecule has 210 valence electrons. The van der Waals surface area contributed by atoms with Crippen LogP contribution < -0.4 is 0 Å². The van der Waals surface area contributed by atoms with Crippen molar-refractivity contribution in [2.75, 3.05) is 7.11 Å². The van der Waals surface area contributed by atoms with E-state index in [1.54, 1.807) is 7.11 Å². The highest BCUT2D eigenvalue weighted by Crippen LogP contribution is 2.56. The highest BCUT2D eigenvalue weighted by atomic mass is 16.6. The van der Waals surface area contributed by atoms with Gasteiger partial charge in [-0.05, 0) is 85.0 Å². The lowest BCUT2D eigenvalue weighted by Gasteiger charge is -2.40. The number of hydrogen-bond acceptors (Lipinski definition) is 7. The molecular formula is C31H44O7. The predicted octanol–water partition coefficient (Wildman–Crippen LogP) is 4.82. The normalized spacial score (nSPS) is 49.1. The third-order valence-electron chi connectivity index (χ3n) is 10.6. The van der Waals surface area contributed by atoms with Gasteiger partial charge in [-0.1, -0.05) is 24.8 Å². The topological polar surface area (TPSA) is 94.6 Å². The summed E-state index contributed by atoms with van der Waals surface area (Å²) in [6.07, 6.45) is 9.36. The second kappa shape index (κ2) is 9.60. The van der Waals surface area contributed by atoms with Crippen LogP contribution in [0.25, 0.3) is 0 Å². The van der Waals surface area contributed by atoms with Crippen LogP contribution in [-0.2, 0) is 28.5 Å². The monoisotopic (exact) mass is 528 g/mol. The molecule has 0 spiro atoms. The molecule has 0 aromatic heterocycles. The van der Waals surface area contributed by atoms with Crippen molar-refractivity contribution >= 4 is 11.9 Å².